The molecule has 0 radical (unpaired) electrons. The lowest BCUT2D eigenvalue weighted by atomic mass is 10.2. The van der Waals surface area contributed by atoms with Crippen molar-refractivity contribution in [2.45, 2.75) is 13.8 Å². The zero-order valence-corrected chi connectivity index (χ0v) is 18.3. The predicted molar refractivity (Wildman–Crippen MR) is 124 cm³/mol. The van der Waals surface area contributed by atoms with Gasteiger partial charge in [0.2, 0.25) is 0 Å². The number of nitrogens with zero attached hydrogens (tertiary/aromatic N) is 2. The van der Waals surface area contributed by atoms with Crippen molar-refractivity contribution in [1.82, 2.24) is 0 Å². The van der Waals surface area contributed by atoms with Gasteiger partial charge in [0, 0.05) is 6.08 Å². The SMILES string of the molecule is Cc1ccccc1N=C1S/C(=C\c2ccc(I)o2)C(=O)N1c1ccccc1C. The van der Waals surface area contributed by atoms with Gasteiger partial charge in [-0.05, 0) is 83.6 Å². The van der Waals surface area contributed by atoms with Gasteiger partial charge in [-0.3, -0.25) is 9.69 Å². The maximum Gasteiger partial charge on any atom is 0.271 e. The number of amidine groups is 1. The van der Waals surface area contributed by atoms with Crippen molar-refractivity contribution in [3.05, 3.63) is 86.2 Å². The number of amides is 1. The van der Waals surface area contributed by atoms with Crippen molar-refractivity contribution in [3.8, 4) is 0 Å². The van der Waals surface area contributed by atoms with Crippen molar-refractivity contribution in [3.63, 3.8) is 0 Å². The molecule has 1 amide bonds. The van der Waals surface area contributed by atoms with Gasteiger partial charge < -0.3 is 4.42 Å². The number of halogens is 1. The van der Waals surface area contributed by atoms with Gasteiger partial charge in [-0.15, -0.1) is 0 Å². The number of hydrogen-bond acceptors (Lipinski definition) is 4. The van der Waals surface area contributed by atoms with Crippen LogP contribution in [0.2, 0.25) is 0 Å². The Morgan fingerprint density at radius 1 is 1.00 bits per heavy atom. The first kappa shape index (κ1) is 19.0. The molecule has 4 nitrogen and oxygen atoms in total. The van der Waals surface area contributed by atoms with Crippen LogP contribution in [-0.2, 0) is 4.79 Å². The van der Waals surface area contributed by atoms with E-state index in [0.717, 1.165) is 26.3 Å². The van der Waals surface area contributed by atoms with E-state index in [-0.39, 0.29) is 5.91 Å². The molecule has 0 aliphatic carbocycles. The molecule has 6 heteroatoms. The summed E-state index contributed by atoms with van der Waals surface area (Å²) in [4.78, 5) is 20.4. The zero-order valence-electron chi connectivity index (χ0n) is 15.3. The third-order valence-electron chi connectivity index (χ3n) is 4.36. The molecule has 140 valence electrons. The van der Waals surface area contributed by atoms with Gasteiger partial charge in [-0.25, -0.2) is 4.99 Å². The maximum absolute atomic E-state index is 13.3. The Kier molecular flexibility index (Phi) is 5.41. The fourth-order valence-electron chi connectivity index (χ4n) is 2.90. The first-order valence-corrected chi connectivity index (χ1v) is 10.6. The summed E-state index contributed by atoms with van der Waals surface area (Å²) in [5.74, 6) is 0.556. The largest absolute Gasteiger partial charge is 0.451 e. The van der Waals surface area contributed by atoms with Gasteiger partial charge in [-0.2, -0.15) is 0 Å². The smallest absolute Gasteiger partial charge is 0.271 e. The summed E-state index contributed by atoms with van der Waals surface area (Å²) < 4.78 is 6.40. The zero-order chi connectivity index (χ0) is 19.7. The molecular weight excluding hydrogens is 483 g/mol. The summed E-state index contributed by atoms with van der Waals surface area (Å²) in [5, 5.41) is 0.640. The lowest BCUT2D eigenvalue weighted by Crippen LogP contribution is -2.29. The van der Waals surface area contributed by atoms with E-state index in [2.05, 4.69) is 22.6 Å². The number of rotatable bonds is 3. The van der Waals surface area contributed by atoms with E-state index in [4.69, 9.17) is 9.41 Å². The summed E-state index contributed by atoms with van der Waals surface area (Å²) in [7, 11) is 0. The molecule has 0 atom stereocenters. The lowest BCUT2D eigenvalue weighted by molar-refractivity contribution is -0.113. The Hall–Kier alpha value is -2.32. The van der Waals surface area contributed by atoms with Crippen LogP contribution in [0.1, 0.15) is 16.9 Å². The highest BCUT2D eigenvalue weighted by atomic mass is 127. The van der Waals surface area contributed by atoms with Gasteiger partial charge >= 0.3 is 0 Å². The quantitative estimate of drug-likeness (QED) is 0.313. The Morgan fingerprint density at radius 3 is 2.39 bits per heavy atom. The number of furan rings is 1. The predicted octanol–water partition coefficient (Wildman–Crippen LogP) is 6.31. The summed E-state index contributed by atoms with van der Waals surface area (Å²) in [6.07, 6.45) is 1.78. The number of aliphatic imine (C=N–C) groups is 1. The first-order chi connectivity index (χ1) is 13.5. The highest BCUT2D eigenvalue weighted by Crippen LogP contribution is 2.38. The molecule has 1 aliphatic heterocycles. The second-order valence-electron chi connectivity index (χ2n) is 6.36. The molecule has 0 spiro atoms. The van der Waals surface area contributed by atoms with Crippen LogP contribution in [0, 0.1) is 17.6 Å². The van der Waals surface area contributed by atoms with Crippen LogP contribution in [0.15, 0.2) is 75.0 Å². The molecule has 0 N–H and O–H groups in total. The monoisotopic (exact) mass is 500 g/mol. The van der Waals surface area contributed by atoms with Crippen LogP contribution in [0.4, 0.5) is 11.4 Å². The topological polar surface area (TPSA) is 45.8 Å². The number of anilines is 1. The number of carbonyl (C=O) groups excluding carboxylic acids is 1. The molecule has 0 bridgehead atoms. The summed E-state index contributed by atoms with van der Waals surface area (Å²) in [6.45, 7) is 4.01. The van der Waals surface area contributed by atoms with Gasteiger partial charge in [-0.1, -0.05) is 36.4 Å². The van der Waals surface area contributed by atoms with Gasteiger partial charge in [0.25, 0.3) is 5.91 Å². The minimum absolute atomic E-state index is 0.0990. The van der Waals surface area contributed by atoms with E-state index in [0.29, 0.717) is 15.8 Å². The first-order valence-electron chi connectivity index (χ1n) is 8.72. The molecule has 1 saturated heterocycles. The van der Waals surface area contributed by atoms with Gasteiger partial charge in [0.15, 0.2) is 8.93 Å². The van der Waals surface area contributed by atoms with E-state index in [1.807, 2.05) is 74.5 Å². The lowest BCUT2D eigenvalue weighted by Gasteiger charge is -2.18. The Bertz CT molecular complexity index is 1120. The van der Waals surface area contributed by atoms with Gasteiger partial charge in [0.1, 0.15) is 5.76 Å². The number of thioether (sulfide) groups is 1. The van der Waals surface area contributed by atoms with E-state index in [9.17, 15) is 4.79 Å². The number of aryl methyl sites for hydroxylation is 2. The standard InChI is InChI=1S/C22H17IN2O2S/c1-14-7-3-5-9-17(14)24-22-25(18-10-6-4-8-15(18)2)21(26)19(28-22)13-16-11-12-20(23)27-16/h3-13H,1-2H3/b19-13-,24-22?. The molecular formula is C22H17IN2O2S. The van der Waals surface area contributed by atoms with Crippen LogP contribution >= 0.6 is 34.4 Å². The van der Waals surface area contributed by atoms with Crippen molar-refractivity contribution < 1.29 is 9.21 Å². The number of hydrogen-bond donors (Lipinski definition) is 0. The van der Waals surface area contributed by atoms with Crippen LogP contribution in [-0.4, -0.2) is 11.1 Å². The summed E-state index contributed by atoms with van der Waals surface area (Å²) in [6, 6.07) is 19.5. The molecule has 2 aromatic carbocycles. The average molecular weight is 500 g/mol. The highest BCUT2D eigenvalue weighted by molar-refractivity contribution is 14.1. The molecule has 2 heterocycles. The van der Waals surface area contributed by atoms with Crippen LogP contribution in [0.3, 0.4) is 0 Å². The highest BCUT2D eigenvalue weighted by Gasteiger charge is 2.35. The molecule has 4 rings (SSSR count). The molecule has 1 fully saturated rings. The average Bonchev–Trinajstić information content (AvgIpc) is 3.21. The van der Waals surface area contributed by atoms with Crippen LogP contribution < -0.4 is 4.90 Å². The third kappa shape index (κ3) is 3.79. The van der Waals surface area contributed by atoms with Gasteiger partial charge in [0.05, 0.1) is 16.3 Å². The summed E-state index contributed by atoms with van der Waals surface area (Å²) >= 11 is 3.47. The Balaban J connectivity index is 1.82. The second-order valence-corrected chi connectivity index (χ2v) is 8.43. The number of benzene rings is 2. The van der Waals surface area contributed by atoms with Crippen molar-refractivity contribution >= 4 is 62.9 Å². The number of carbonyl (C=O) groups is 1. The molecule has 1 aliphatic rings. The summed E-state index contributed by atoms with van der Waals surface area (Å²) in [5.41, 5.74) is 3.77. The molecule has 1 aromatic heterocycles. The van der Waals surface area contributed by atoms with E-state index >= 15 is 0 Å². The number of para-hydroxylation sites is 2. The molecule has 28 heavy (non-hydrogen) atoms. The van der Waals surface area contributed by atoms with E-state index in [1.165, 1.54) is 11.8 Å². The maximum atomic E-state index is 13.3. The van der Waals surface area contributed by atoms with Crippen molar-refractivity contribution in [1.29, 1.82) is 0 Å². The van der Waals surface area contributed by atoms with Crippen molar-refractivity contribution in [2.75, 3.05) is 4.90 Å². The van der Waals surface area contributed by atoms with Crippen molar-refractivity contribution in [2.24, 2.45) is 4.99 Å². The minimum Gasteiger partial charge on any atom is -0.451 e. The Morgan fingerprint density at radius 2 is 1.71 bits per heavy atom. The van der Waals surface area contributed by atoms with Crippen LogP contribution in [0.25, 0.3) is 6.08 Å². The van der Waals surface area contributed by atoms with E-state index < -0.39 is 0 Å². The Labute approximate surface area is 181 Å². The fraction of sp³-hybridized carbons (Fsp3) is 0.0909. The molecule has 0 unspecified atom stereocenters. The fourth-order valence-corrected chi connectivity index (χ4v) is 4.30. The minimum atomic E-state index is -0.0990. The second kappa shape index (κ2) is 7.97. The normalized spacial score (nSPS) is 17.1. The molecule has 0 saturated carbocycles. The van der Waals surface area contributed by atoms with E-state index in [1.54, 1.807) is 11.0 Å². The third-order valence-corrected chi connectivity index (χ3v) is 5.91. The molecule has 3 aromatic rings. The van der Waals surface area contributed by atoms with Crippen LogP contribution in [0.5, 0.6) is 0 Å².